The van der Waals surface area contributed by atoms with Gasteiger partial charge in [0.15, 0.2) is 5.82 Å². The van der Waals surface area contributed by atoms with Crippen molar-refractivity contribution in [1.82, 2.24) is 10.1 Å². The number of ether oxygens (including phenoxy) is 2. The predicted octanol–water partition coefficient (Wildman–Crippen LogP) is 6.79. The summed E-state index contributed by atoms with van der Waals surface area (Å²) >= 11 is 1.20. The third-order valence-electron chi connectivity index (χ3n) is 6.45. The summed E-state index contributed by atoms with van der Waals surface area (Å²) in [5, 5.41) is 3.90. The monoisotopic (exact) mass is 597 g/mol. The molecule has 0 saturated heterocycles. The van der Waals surface area contributed by atoms with Crippen LogP contribution in [0.3, 0.4) is 0 Å². The van der Waals surface area contributed by atoms with Crippen molar-refractivity contribution in [2.45, 2.75) is 71.6 Å². The Morgan fingerprint density at radius 2 is 1.80 bits per heavy atom. The number of anilines is 1. The lowest BCUT2D eigenvalue weighted by atomic mass is 10.1. The fourth-order valence-corrected chi connectivity index (χ4v) is 7.18. The number of sulfonamides is 1. The third-order valence-corrected chi connectivity index (χ3v) is 9.37. The maximum atomic E-state index is 13.4. The first kappa shape index (κ1) is 30.3. The van der Waals surface area contributed by atoms with Crippen molar-refractivity contribution in [3.05, 3.63) is 75.1 Å². The highest BCUT2D eigenvalue weighted by Gasteiger charge is 2.26. The minimum Gasteiger partial charge on any atom is -0.488 e. The number of carbonyl (C=O) groups is 1. The summed E-state index contributed by atoms with van der Waals surface area (Å²) in [5.41, 5.74) is 4.67. The summed E-state index contributed by atoms with van der Waals surface area (Å²) in [6.45, 7) is 11.7. The highest BCUT2D eigenvalue weighted by atomic mass is 32.2. The van der Waals surface area contributed by atoms with Crippen LogP contribution in [0.15, 0.2) is 45.1 Å². The molecule has 0 saturated carbocycles. The molecule has 0 atom stereocenters. The van der Waals surface area contributed by atoms with Gasteiger partial charge in [0.05, 0.1) is 12.3 Å². The fourth-order valence-electron chi connectivity index (χ4n) is 4.46. The summed E-state index contributed by atoms with van der Waals surface area (Å²) in [6, 6.07) is 11.1. The molecule has 0 unspecified atom stereocenters. The number of esters is 1. The summed E-state index contributed by atoms with van der Waals surface area (Å²) in [5.74, 6) is 0.824. The standard InChI is InChI=1S/C30H35N3O6S2/c1-7-10-24-27(29(34)37-9-3)26(15-18(4)31-24)38-17-21-11-13-22(14-12-21)23-16-19(5)40-30(23)41(35,36)33-28-20(6)25(8-2)39-32-28/h11-16H,7-10,17H2,1-6H3,(H,32,33). The largest absolute Gasteiger partial charge is 0.488 e. The molecule has 0 radical (unpaired) electrons. The Bertz CT molecular complexity index is 1640. The van der Waals surface area contributed by atoms with Gasteiger partial charge in [0.2, 0.25) is 0 Å². The molecule has 1 N–H and O–H groups in total. The molecule has 0 aliphatic rings. The van der Waals surface area contributed by atoms with Gasteiger partial charge in [-0.2, -0.15) is 0 Å². The Balaban J connectivity index is 1.57. The lowest BCUT2D eigenvalue weighted by molar-refractivity contribution is 0.0519. The van der Waals surface area contributed by atoms with E-state index in [1.54, 1.807) is 19.9 Å². The van der Waals surface area contributed by atoms with Crippen molar-refractivity contribution < 1.29 is 27.2 Å². The van der Waals surface area contributed by atoms with E-state index < -0.39 is 16.0 Å². The molecular formula is C30H35N3O6S2. The van der Waals surface area contributed by atoms with Crippen molar-refractivity contribution >= 4 is 33.1 Å². The van der Waals surface area contributed by atoms with Gasteiger partial charge in [-0.25, -0.2) is 13.2 Å². The number of benzene rings is 1. The maximum absolute atomic E-state index is 13.4. The van der Waals surface area contributed by atoms with Gasteiger partial charge in [-0.1, -0.05) is 49.7 Å². The van der Waals surface area contributed by atoms with Gasteiger partial charge < -0.3 is 14.0 Å². The maximum Gasteiger partial charge on any atom is 0.343 e. The molecule has 4 rings (SSSR count). The number of thiophene rings is 1. The quantitative estimate of drug-likeness (QED) is 0.177. The molecule has 11 heteroatoms. The first-order chi connectivity index (χ1) is 19.6. The first-order valence-electron chi connectivity index (χ1n) is 13.6. The summed E-state index contributed by atoms with van der Waals surface area (Å²) in [6.07, 6.45) is 2.08. The van der Waals surface area contributed by atoms with Crippen LogP contribution in [-0.4, -0.2) is 31.1 Å². The number of rotatable bonds is 12. The molecule has 41 heavy (non-hydrogen) atoms. The molecule has 0 aliphatic carbocycles. The number of aryl methyl sites for hydroxylation is 4. The summed E-state index contributed by atoms with van der Waals surface area (Å²) in [7, 11) is -3.90. The number of hydrogen-bond donors (Lipinski definition) is 1. The Labute approximate surface area is 245 Å². The molecule has 4 aromatic rings. The number of carbonyl (C=O) groups excluding carboxylic acids is 1. The fraction of sp³-hybridized carbons (Fsp3) is 0.367. The molecule has 0 aliphatic heterocycles. The predicted molar refractivity (Wildman–Crippen MR) is 159 cm³/mol. The van der Waals surface area contributed by atoms with Gasteiger partial charge in [0.25, 0.3) is 10.0 Å². The van der Waals surface area contributed by atoms with Crippen LogP contribution in [0.5, 0.6) is 5.75 Å². The van der Waals surface area contributed by atoms with E-state index in [9.17, 15) is 13.2 Å². The topological polar surface area (TPSA) is 121 Å². The van der Waals surface area contributed by atoms with Crippen LogP contribution >= 0.6 is 11.3 Å². The van der Waals surface area contributed by atoms with Crippen LogP contribution in [0.1, 0.15) is 70.7 Å². The van der Waals surface area contributed by atoms with Crippen LogP contribution in [0.4, 0.5) is 5.82 Å². The van der Waals surface area contributed by atoms with Crippen LogP contribution in [-0.2, 0) is 34.2 Å². The molecule has 3 aromatic heterocycles. The second-order valence-corrected chi connectivity index (χ2v) is 12.8. The molecule has 218 valence electrons. The molecule has 9 nitrogen and oxygen atoms in total. The summed E-state index contributed by atoms with van der Waals surface area (Å²) < 4.78 is 46.2. The zero-order valence-electron chi connectivity index (χ0n) is 24.2. The molecule has 0 fully saturated rings. The molecule has 0 bridgehead atoms. The zero-order chi connectivity index (χ0) is 29.7. The number of nitrogens with zero attached hydrogens (tertiary/aromatic N) is 2. The molecule has 0 amide bonds. The second-order valence-electron chi connectivity index (χ2n) is 9.64. The Morgan fingerprint density at radius 3 is 2.44 bits per heavy atom. The van der Waals surface area contributed by atoms with Crippen molar-refractivity contribution in [2.75, 3.05) is 11.3 Å². The molecule has 0 spiro atoms. The van der Waals surface area contributed by atoms with Crippen molar-refractivity contribution in [3.63, 3.8) is 0 Å². The minimum absolute atomic E-state index is 0.196. The van der Waals surface area contributed by atoms with E-state index in [0.717, 1.165) is 28.1 Å². The number of pyridine rings is 1. The SMILES string of the molecule is CCCc1nc(C)cc(OCc2ccc(-c3cc(C)sc3S(=O)(=O)Nc3noc(CC)c3C)cc2)c1C(=O)OCC. The van der Waals surface area contributed by atoms with E-state index >= 15 is 0 Å². The lowest BCUT2D eigenvalue weighted by Gasteiger charge is -2.15. The van der Waals surface area contributed by atoms with Gasteiger partial charge >= 0.3 is 5.97 Å². The number of nitrogens with one attached hydrogen (secondary N) is 1. The highest BCUT2D eigenvalue weighted by Crippen LogP contribution is 2.36. The van der Waals surface area contributed by atoms with Crippen LogP contribution in [0, 0.1) is 20.8 Å². The van der Waals surface area contributed by atoms with E-state index in [0.29, 0.717) is 46.7 Å². The highest BCUT2D eigenvalue weighted by molar-refractivity contribution is 7.94. The van der Waals surface area contributed by atoms with Gasteiger partial charge in [0, 0.05) is 34.2 Å². The number of hydrogen-bond acceptors (Lipinski definition) is 9. The van der Waals surface area contributed by atoms with E-state index in [1.165, 1.54) is 11.3 Å². The van der Waals surface area contributed by atoms with E-state index in [1.807, 2.05) is 58.0 Å². The Hall–Kier alpha value is -3.70. The molecule has 3 heterocycles. The summed E-state index contributed by atoms with van der Waals surface area (Å²) in [4.78, 5) is 18.2. The molecular weight excluding hydrogens is 562 g/mol. The smallest absolute Gasteiger partial charge is 0.343 e. The van der Waals surface area contributed by atoms with Crippen LogP contribution < -0.4 is 9.46 Å². The van der Waals surface area contributed by atoms with Gasteiger partial charge in [-0.15, -0.1) is 11.3 Å². The Kier molecular flexibility index (Phi) is 9.49. The van der Waals surface area contributed by atoms with E-state index in [4.69, 9.17) is 14.0 Å². The van der Waals surface area contributed by atoms with Gasteiger partial charge in [-0.3, -0.25) is 9.71 Å². The van der Waals surface area contributed by atoms with Crippen LogP contribution in [0.2, 0.25) is 0 Å². The number of aromatic nitrogens is 2. The van der Waals surface area contributed by atoms with Crippen molar-refractivity contribution in [1.29, 1.82) is 0 Å². The van der Waals surface area contributed by atoms with Crippen molar-refractivity contribution in [3.8, 4) is 16.9 Å². The average molecular weight is 598 g/mol. The Morgan fingerprint density at radius 1 is 1.07 bits per heavy atom. The lowest BCUT2D eigenvalue weighted by Crippen LogP contribution is -2.13. The average Bonchev–Trinajstić information content (AvgIpc) is 3.50. The normalized spacial score (nSPS) is 11.5. The minimum atomic E-state index is -3.90. The van der Waals surface area contributed by atoms with E-state index in [2.05, 4.69) is 14.9 Å². The van der Waals surface area contributed by atoms with Gasteiger partial charge in [-0.05, 0) is 51.3 Å². The zero-order valence-corrected chi connectivity index (χ0v) is 25.8. The van der Waals surface area contributed by atoms with Gasteiger partial charge in [0.1, 0.15) is 27.9 Å². The van der Waals surface area contributed by atoms with E-state index in [-0.39, 0.29) is 23.2 Å². The third kappa shape index (κ3) is 6.79. The second kappa shape index (κ2) is 12.9. The van der Waals surface area contributed by atoms with Crippen LogP contribution in [0.25, 0.3) is 11.1 Å². The molecule has 1 aromatic carbocycles. The first-order valence-corrected chi connectivity index (χ1v) is 15.9. The van der Waals surface area contributed by atoms with Crippen molar-refractivity contribution in [2.24, 2.45) is 0 Å².